The zero-order valence-corrected chi connectivity index (χ0v) is 11.3. The van der Waals surface area contributed by atoms with Gasteiger partial charge in [-0.3, -0.25) is 10.1 Å². The predicted molar refractivity (Wildman–Crippen MR) is 69.9 cm³/mol. The summed E-state index contributed by atoms with van der Waals surface area (Å²) in [5.41, 5.74) is -1.12. The Hall–Kier alpha value is -2.57. The second-order valence-electron chi connectivity index (χ2n) is 4.99. The Morgan fingerprint density at radius 1 is 1.20 bits per heavy atom. The first-order valence-electron chi connectivity index (χ1n) is 5.71. The van der Waals surface area contributed by atoms with E-state index < -0.39 is 23.4 Å². The summed E-state index contributed by atoms with van der Waals surface area (Å²) in [5.74, 6) is -3.22. The van der Waals surface area contributed by atoms with E-state index in [0.29, 0.717) is 0 Å². The van der Waals surface area contributed by atoms with Crippen LogP contribution in [0.4, 0.5) is 10.5 Å². The van der Waals surface area contributed by atoms with E-state index in [2.05, 4.69) is 5.32 Å². The molecule has 3 N–H and O–H groups in total. The molecule has 0 heterocycles. The molecule has 0 spiro atoms. The summed E-state index contributed by atoms with van der Waals surface area (Å²) in [5, 5.41) is 20.3. The smallest absolute Gasteiger partial charge is 0.412 e. The van der Waals surface area contributed by atoms with Gasteiger partial charge in [0.1, 0.15) is 11.4 Å². The fourth-order valence-electron chi connectivity index (χ4n) is 1.36. The first-order chi connectivity index (χ1) is 9.10. The zero-order valence-electron chi connectivity index (χ0n) is 11.3. The van der Waals surface area contributed by atoms with E-state index in [0.717, 1.165) is 6.07 Å². The molecule has 0 saturated heterocycles. The number of amides is 1. The minimum atomic E-state index is -1.69. The summed E-state index contributed by atoms with van der Waals surface area (Å²) in [4.78, 5) is 33.8. The number of Topliss-reactive ketones (excluding diaryl/α,β-unsaturated/α-hetero) is 1. The Bertz CT molecular complexity index is 558. The van der Waals surface area contributed by atoms with Crippen molar-refractivity contribution in [3.8, 4) is 5.75 Å². The molecule has 0 aliphatic heterocycles. The zero-order chi connectivity index (χ0) is 15.5. The molecule has 0 aliphatic carbocycles. The quantitative estimate of drug-likeness (QED) is 0.443. The summed E-state index contributed by atoms with van der Waals surface area (Å²) in [6.07, 6.45) is -0.831. The number of aromatic hydroxyl groups is 1. The SMILES string of the molecule is CC(C)(C)OC(=O)Nc1ccc(O)cc1C(=O)C(=O)O. The number of carboxylic acids is 1. The second-order valence-corrected chi connectivity index (χ2v) is 4.99. The molecule has 1 amide bonds. The number of nitrogens with one attached hydrogen (secondary N) is 1. The van der Waals surface area contributed by atoms with Gasteiger partial charge in [0.15, 0.2) is 0 Å². The Morgan fingerprint density at radius 2 is 1.80 bits per heavy atom. The lowest BCUT2D eigenvalue weighted by molar-refractivity contribution is -0.131. The second kappa shape index (κ2) is 5.60. The van der Waals surface area contributed by atoms with Crippen molar-refractivity contribution in [1.29, 1.82) is 0 Å². The topological polar surface area (TPSA) is 113 Å². The Morgan fingerprint density at radius 3 is 2.30 bits per heavy atom. The minimum absolute atomic E-state index is 0.0514. The molecule has 0 bridgehead atoms. The number of hydrogen-bond donors (Lipinski definition) is 3. The van der Waals surface area contributed by atoms with E-state index in [9.17, 15) is 19.5 Å². The van der Waals surface area contributed by atoms with Gasteiger partial charge in [0.05, 0.1) is 11.3 Å². The number of anilines is 1. The molecule has 1 aromatic rings. The minimum Gasteiger partial charge on any atom is -0.508 e. The fourth-order valence-corrected chi connectivity index (χ4v) is 1.36. The number of rotatable bonds is 3. The molecule has 0 radical (unpaired) electrons. The number of hydrogen-bond acceptors (Lipinski definition) is 5. The Labute approximate surface area is 115 Å². The van der Waals surface area contributed by atoms with E-state index in [1.165, 1.54) is 12.1 Å². The summed E-state index contributed by atoms with van der Waals surface area (Å²) < 4.78 is 5.00. The number of carboxylic acid groups (broad SMARTS) is 1. The van der Waals surface area contributed by atoms with Gasteiger partial charge < -0.3 is 14.9 Å². The van der Waals surface area contributed by atoms with Crippen LogP contribution in [0.25, 0.3) is 0 Å². The van der Waals surface area contributed by atoms with Gasteiger partial charge in [0.25, 0.3) is 5.78 Å². The molecule has 0 unspecified atom stereocenters. The third-order valence-electron chi connectivity index (χ3n) is 2.08. The standard InChI is InChI=1S/C13H15NO6/c1-13(2,3)20-12(19)14-9-5-4-7(15)6-8(9)10(16)11(17)18/h4-6,15H,1-3H3,(H,14,19)(H,17,18). The van der Waals surface area contributed by atoms with E-state index >= 15 is 0 Å². The first kappa shape index (κ1) is 15.5. The number of carbonyl (C=O) groups is 3. The van der Waals surface area contributed by atoms with Crippen molar-refractivity contribution < 1.29 is 29.3 Å². The number of carbonyl (C=O) groups excluding carboxylic acids is 2. The number of ketones is 1. The van der Waals surface area contributed by atoms with E-state index in [-0.39, 0.29) is 17.0 Å². The molecule has 1 rings (SSSR count). The Kier molecular flexibility index (Phi) is 4.34. The molecule has 1 aromatic carbocycles. The lowest BCUT2D eigenvalue weighted by atomic mass is 10.1. The van der Waals surface area contributed by atoms with Crippen molar-refractivity contribution in [1.82, 2.24) is 0 Å². The fraction of sp³-hybridized carbons (Fsp3) is 0.308. The highest BCUT2D eigenvalue weighted by atomic mass is 16.6. The largest absolute Gasteiger partial charge is 0.508 e. The van der Waals surface area contributed by atoms with E-state index in [1.807, 2.05) is 0 Å². The number of phenols is 1. The molecule has 7 heteroatoms. The molecule has 0 saturated carbocycles. The third kappa shape index (κ3) is 4.27. The van der Waals surface area contributed by atoms with Gasteiger partial charge >= 0.3 is 12.1 Å². The average molecular weight is 281 g/mol. The average Bonchev–Trinajstić information content (AvgIpc) is 2.27. The van der Waals surface area contributed by atoms with Crippen molar-refractivity contribution in [2.45, 2.75) is 26.4 Å². The molecular formula is C13H15NO6. The molecule has 20 heavy (non-hydrogen) atoms. The van der Waals surface area contributed by atoms with E-state index in [1.54, 1.807) is 20.8 Å². The van der Waals surface area contributed by atoms with Crippen molar-refractivity contribution >= 4 is 23.5 Å². The van der Waals surface area contributed by atoms with Crippen LogP contribution in [0.2, 0.25) is 0 Å². The van der Waals surface area contributed by atoms with Crippen LogP contribution in [0.1, 0.15) is 31.1 Å². The van der Waals surface area contributed by atoms with Gasteiger partial charge in [-0.15, -0.1) is 0 Å². The van der Waals surface area contributed by atoms with Crippen LogP contribution >= 0.6 is 0 Å². The van der Waals surface area contributed by atoms with Gasteiger partial charge in [-0.1, -0.05) is 0 Å². The van der Waals surface area contributed by atoms with Gasteiger partial charge in [-0.05, 0) is 39.0 Å². The maximum atomic E-state index is 11.6. The maximum absolute atomic E-state index is 11.6. The normalized spacial score (nSPS) is 10.8. The molecular weight excluding hydrogens is 266 g/mol. The van der Waals surface area contributed by atoms with Crippen LogP contribution in [0.15, 0.2) is 18.2 Å². The molecule has 0 aromatic heterocycles. The van der Waals surface area contributed by atoms with Crippen LogP contribution in [0.3, 0.4) is 0 Å². The van der Waals surface area contributed by atoms with Crippen molar-refractivity contribution in [2.75, 3.05) is 5.32 Å². The highest BCUT2D eigenvalue weighted by molar-refractivity contribution is 6.41. The van der Waals surface area contributed by atoms with Crippen LogP contribution in [0, 0.1) is 0 Å². The third-order valence-corrected chi connectivity index (χ3v) is 2.08. The highest BCUT2D eigenvalue weighted by Crippen LogP contribution is 2.22. The number of ether oxygens (including phenoxy) is 1. The molecule has 7 nitrogen and oxygen atoms in total. The molecule has 0 atom stereocenters. The van der Waals surface area contributed by atoms with Gasteiger partial charge in [0, 0.05) is 0 Å². The van der Waals surface area contributed by atoms with Crippen LogP contribution in [-0.2, 0) is 9.53 Å². The first-order valence-corrected chi connectivity index (χ1v) is 5.71. The number of benzene rings is 1. The molecule has 0 aliphatic rings. The Balaban J connectivity index is 3.04. The van der Waals surface area contributed by atoms with Crippen molar-refractivity contribution in [3.63, 3.8) is 0 Å². The van der Waals surface area contributed by atoms with E-state index in [4.69, 9.17) is 9.84 Å². The van der Waals surface area contributed by atoms with Crippen molar-refractivity contribution in [3.05, 3.63) is 23.8 Å². The van der Waals surface area contributed by atoms with Gasteiger partial charge in [-0.25, -0.2) is 9.59 Å². The highest BCUT2D eigenvalue weighted by Gasteiger charge is 2.22. The molecule has 0 fully saturated rings. The molecule has 108 valence electrons. The van der Waals surface area contributed by atoms with Gasteiger partial charge in [-0.2, -0.15) is 0 Å². The van der Waals surface area contributed by atoms with Crippen molar-refractivity contribution in [2.24, 2.45) is 0 Å². The lowest BCUT2D eigenvalue weighted by Gasteiger charge is -2.20. The van der Waals surface area contributed by atoms with Gasteiger partial charge in [0.2, 0.25) is 0 Å². The predicted octanol–water partition coefficient (Wildman–Crippen LogP) is 2.01. The number of phenolic OH excluding ortho intramolecular Hbond substituents is 1. The van der Waals surface area contributed by atoms with Crippen LogP contribution in [0.5, 0.6) is 5.75 Å². The summed E-state index contributed by atoms with van der Waals surface area (Å²) in [6, 6.07) is 3.39. The number of aliphatic carboxylic acids is 1. The summed E-state index contributed by atoms with van der Waals surface area (Å²) in [6.45, 7) is 4.98. The maximum Gasteiger partial charge on any atom is 0.412 e. The monoisotopic (exact) mass is 281 g/mol. The lowest BCUT2D eigenvalue weighted by Crippen LogP contribution is -2.28. The van der Waals surface area contributed by atoms with Crippen LogP contribution in [-0.4, -0.2) is 33.7 Å². The van der Waals surface area contributed by atoms with Crippen LogP contribution < -0.4 is 5.32 Å². The summed E-state index contributed by atoms with van der Waals surface area (Å²) in [7, 11) is 0. The summed E-state index contributed by atoms with van der Waals surface area (Å²) >= 11 is 0.